The molecular formula is C13H16ClN3. The molecule has 1 atom stereocenters. The van der Waals surface area contributed by atoms with Crippen LogP contribution in [0.4, 0.5) is 5.69 Å². The van der Waals surface area contributed by atoms with Crippen molar-refractivity contribution < 1.29 is 0 Å². The zero-order valence-electron chi connectivity index (χ0n) is 9.67. The first-order valence-electron chi connectivity index (χ1n) is 5.94. The number of anilines is 1. The van der Waals surface area contributed by atoms with E-state index >= 15 is 0 Å². The number of hydrogen-bond donors (Lipinski definition) is 2. The van der Waals surface area contributed by atoms with Gasteiger partial charge in [0, 0.05) is 11.6 Å². The highest BCUT2D eigenvalue weighted by atomic mass is 35.5. The summed E-state index contributed by atoms with van der Waals surface area (Å²) in [6, 6.07) is 7.54. The van der Waals surface area contributed by atoms with Crippen LogP contribution in [0.15, 0.2) is 18.2 Å². The molecule has 1 aromatic carbocycles. The second-order valence-corrected chi connectivity index (χ2v) is 4.83. The molecule has 1 heterocycles. The quantitative estimate of drug-likeness (QED) is 0.866. The molecule has 0 amide bonds. The van der Waals surface area contributed by atoms with E-state index in [0.717, 1.165) is 25.3 Å². The summed E-state index contributed by atoms with van der Waals surface area (Å²) in [5.41, 5.74) is 1.49. The zero-order valence-corrected chi connectivity index (χ0v) is 10.4. The minimum atomic E-state index is 0.603. The van der Waals surface area contributed by atoms with E-state index in [1.165, 1.54) is 12.8 Å². The normalized spacial score (nSPS) is 19.6. The van der Waals surface area contributed by atoms with Crippen molar-refractivity contribution in [2.24, 2.45) is 5.92 Å². The lowest BCUT2D eigenvalue weighted by Crippen LogP contribution is -2.33. The highest BCUT2D eigenvalue weighted by Gasteiger charge is 2.13. The van der Waals surface area contributed by atoms with Crippen LogP contribution in [0.1, 0.15) is 18.4 Å². The molecule has 1 aromatic rings. The van der Waals surface area contributed by atoms with Crippen LogP contribution in [0.25, 0.3) is 0 Å². The Labute approximate surface area is 107 Å². The third-order valence-electron chi connectivity index (χ3n) is 3.08. The highest BCUT2D eigenvalue weighted by Crippen LogP contribution is 2.20. The maximum absolute atomic E-state index is 9.02. The zero-order chi connectivity index (χ0) is 12.1. The van der Waals surface area contributed by atoms with Crippen LogP contribution in [-0.2, 0) is 0 Å². The minimum Gasteiger partial charge on any atom is -0.384 e. The minimum absolute atomic E-state index is 0.603. The van der Waals surface area contributed by atoms with Crippen LogP contribution >= 0.6 is 11.6 Å². The fourth-order valence-corrected chi connectivity index (χ4v) is 2.29. The predicted octanol–water partition coefficient (Wildman–Crippen LogP) is 2.62. The molecule has 0 radical (unpaired) electrons. The molecule has 1 fully saturated rings. The topological polar surface area (TPSA) is 47.9 Å². The van der Waals surface area contributed by atoms with Gasteiger partial charge in [0.2, 0.25) is 0 Å². The van der Waals surface area contributed by atoms with Crippen molar-refractivity contribution in [3.63, 3.8) is 0 Å². The number of nitriles is 1. The van der Waals surface area contributed by atoms with E-state index in [-0.39, 0.29) is 0 Å². The number of halogens is 1. The van der Waals surface area contributed by atoms with Crippen molar-refractivity contribution in [3.05, 3.63) is 28.8 Å². The maximum atomic E-state index is 9.02. The lowest BCUT2D eigenvalue weighted by Gasteiger charge is -2.23. The first kappa shape index (κ1) is 12.2. The van der Waals surface area contributed by atoms with Crippen LogP contribution < -0.4 is 10.6 Å². The van der Waals surface area contributed by atoms with Gasteiger partial charge >= 0.3 is 0 Å². The van der Waals surface area contributed by atoms with Crippen LogP contribution in [-0.4, -0.2) is 19.6 Å². The van der Waals surface area contributed by atoms with Crippen molar-refractivity contribution in [2.45, 2.75) is 12.8 Å². The molecule has 4 heteroatoms. The average Bonchev–Trinajstić information content (AvgIpc) is 2.38. The Morgan fingerprint density at radius 2 is 2.41 bits per heavy atom. The van der Waals surface area contributed by atoms with Gasteiger partial charge in [-0.3, -0.25) is 0 Å². The lowest BCUT2D eigenvalue weighted by molar-refractivity contribution is 0.393. The Morgan fingerprint density at radius 3 is 3.12 bits per heavy atom. The van der Waals surface area contributed by atoms with Gasteiger partial charge in [-0.15, -0.1) is 0 Å². The van der Waals surface area contributed by atoms with Crippen molar-refractivity contribution in [3.8, 4) is 6.07 Å². The summed E-state index contributed by atoms with van der Waals surface area (Å²) in [6.07, 6.45) is 2.48. The number of nitrogens with zero attached hydrogens (tertiary/aromatic N) is 1. The van der Waals surface area contributed by atoms with Crippen LogP contribution in [0.5, 0.6) is 0 Å². The van der Waals surface area contributed by atoms with E-state index in [9.17, 15) is 0 Å². The molecule has 0 saturated carbocycles. The monoisotopic (exact) mass is 249 g/mol. The fourth-order valence-electron chi connectivity index (χ4n) is 2.12. The molecule has 0 aliphatic carbocycles. The van der Waals surface area contributed by atoms with Gasteiger partial charge in [0.15, 0.2) is 0 Å². The second kappa shape index (κ2) is 5.90. The molecule has 2 rings (SSSR count). The number of hydrogen-bond acceptors (Lipinski definition) is 3. The first-order valence-corrected chi connectivity index (χ1v) is 6.31. The van der Waals surface area contributed by atoms with Crippen molar-refractivity contribution in [2.75, 3.05) is 25.0 Å². The molecule has 1 aliphatic rings. The van der Waals surface area contributed by atoms with Crippen molar-refractivity contribution >= 4 is 17.3 Å². The third-order valence-corrected chi connectivity index (χ3v) is 3.32. The predicted molar refractivity (Wildman–Crippen MR) is 70.3 cm³/mol. The van der Waals surface area contributed by atoms with E-state index in [2.05, 4.69) is 16.7 Å². The SMILES string of the molecule is N#Cc1cc(Cl)ccc1NCC1CCCNC1. The van der Waals surface area contributed by atoms with E-state index in [0.29, 0.717) is 16.5 Å². The second-order valence-electron chi connectivity index (χ2n) is 4.39. The molecule has 1 aliphatic heterocycles. The lowest BCUT2D eigenvalue weighted by atomic mass is 9.99. The molecule has 1 saturated heterocycles. The third kappa shape index (κ3) is 3.36. The molecular weight excluding hydrogens is 234 g/mol. The van der Waals surface area contributed by atoms with Gasteiger partial charge in [0.1, 0.15) is 6.07 Å². The largest absolute Gasteiger partial charge is 0.384 e. The molecule has 2 N–H and O–H groups in total. The Kier molecular flexibility index (Phi) is 4.24. The van der Waals surface area contributed by atoms with Gasteiger partial charge in [-0.1, -0.05) is 11.6 Å². The van der Waals surface area contributed by atoms with E-state index < -0.39 is 0 Å². The summed E-state index contributed by atoms with van der Waals surface area (Å²) in [7, 11) is 0. The Morgan fingerprint density at radius 1 is 1.53 bits per heavy atom. The fraction of sp³-hybridized carbons (Fsp3) is 0.462. The summed E-state index contributed by atoms with van der Waals surface area (Å²) in [4.78, 5) is 0. The average molecular weight is 250 g/mol. The van der Waals surface area contributed by atoms with Gasteiger partial charge in [-0.2, -0.15) is 5.26 Å². The first-order chi connectivity index (χ1) is 8.29. The summed E-state index contributed by atoms with van der Waals surface area (Å²) < 4.78 is 0. The van der Waals surface area contributed by atoms with Gasteiger partial charge in [0.05, 0.1) is 11.3 Å². The molecule has 17 heavy (non-hydrogen) atoms. The maximum Gasteiger partial charge on any atom is 0.101 e. The molecule has 0 spiro atoms. The smallest absolute Gasteiger partial charge is 0.101 e. The van der Waals surface area contributed by atoms with E-state index in [1.54, 1.807) is 6.07 Å². The van der Waals surface area contributed by atoms with Gasteiger partial charge in [-0.05, 0) is 50.0 Å². The standard InChI is InChI=1S/C13H16ClN3/c14-12-3-4-13(11(6-12)7-15)17-9-10-2-1-5-16-8-10/h3-4,6,10,16-17H,1-2,5,8-9H2. The van der Waals surface area contributed by atoms with Crippen molar-refractivity contribution in [1.82, 2.24) is 5.32 Å². The summed E-state index contributed by atoms with van der Waals surface area (Å²) in [5.74, 6) is 0.644. The number of rotatable bonds is 3. The Bertz CT molecular complexity index is 419. The molecule has 3 nitrogen and oxygen atoms in total. The molecule has 90 valence electrons. The van der Waals surface area contributed by atoms with Gasteiger partial charge < -0.3 is 10.6 Å². The Balaban J connectivity index is 1.96. The number of piperidine rings is 1. The summed E-state index contributed by atoms with van der Waals surface area (Å²) in [5, 5.41) is 16.3. The number of benzene rings is 1. The summed E-state index contributed by atoms with van der Waals surface area (Å²) in [6.45, 7) is 3.09. The van der Waals surface area contributed by atoms with Crippen LogP contribution in [0.2, 0.25) is 5.02 Å². The van der Waals surface area contributed by atoms with Crippen LogP contribution in [0, 0.1) is 17.2 Å². The highest BCUT2D eigenvalue weighted by molar-refractivity contribution is 6.30. The molecule has 1 unspecified atom stereocenters. The van der Waals surface area contributed by atoms with Crippen molar-refractivity contribution in [1.29, 1.82) is 5.26 Å². The number of nitrogens with one attached hydrogen (secondary N) is 2. The molecule has 0 bridgehead atoms. The van der Waals surface area contributed by atoms with E-state index in [1.807, 2.05) is 12.1 Å². The molecule has 0 aromatic heterocycles. The van der Waals surface area contributed by atoms with Gasteiger partial charge in [-0.25, -0.2) is 0 Å². The Hall–Kier alpha value is -1.24. The summed E-state index contributed by atoms with van der Waals surface area (Å²) >= 11 is 5.86. The van der Waals surface area contributed by atoms with Crippen LogP contribution in [0.3, 0.4) is 0 Å². The van der Waals surface area contributed by atoms with E-state index in [4.69, 9.17) is 16.9 Å². The van der Waals surface area contributed by atoms with Gasteiger partial charge in [0.25, 0.3) is 0 Å².